The Morgan fingerprint density at radius 1 is 1.45 bits per heavy atom. The van der Waals surface area contributed by atoms with E-state index in [0.717, 1.165) is 6.08 Å². The van der Waals surface area contributed by atoms with Crippen LogP contribution < -0.4 is 4.74 Å². The molecule has 1 aromatic rings. The molecule has 20 heavy (non-hydrogen) atoms. The molecule has 0 radical (unpaired) electrons. The summed E-state index contributed by atoms with van der Waals surface area (Å²) in [5.41, 5.74) is -0.143. The molecule has 2 rings (SSSR count). The number of carbonyl (C=O) groups is 1. The van der Waals surface area contributed by atoms with Gasteiger partial charge in [0.1, 0.15) is 5.75 Å². The molecule has 110 valence electrons. The first-order valence-corrected chi connectivity index (χ1v) is 6.33. The monoisotopic (exact) mass is 372 g/mol. The van der Waals surface area contributed by atoms with Crippen molar-refractivity contribution in [2.75, 3.05) is 7.18 Å². The molecule has 0 saturated heterocycles. The Morgan fingerprint density at radius 2 is 2.05 bits per heavy atom. The van der Waals surface area contributed by atoms with Crippen molar-refractivity contribution in [3.05, 3.63) is 32.8 Å². The van der Waals surface area contributed by atoms with Gasteiger partial charge in [0.25, 0.3) is 6.43 Å². The fourth-order valence-corrected chi connectivity index (χ4v) is 2.50. The highest BCUT2D eigenvalue weighted by Gasteiger charge is 2.35. The van der Waals surface area contributed by atoms with E-state index < -0.39 is 24.1 Å². The van der Waals surface area contributed by atoms with Gasteiger partial charge in [0.05, 0.1) is 17.8 Å². The summed E-state index contributed by atoms with van der Waals surface area (Å²) in [5.74, 6) is -1.38. The smallest absolute Gasteiger partial charge is 0.335 e. The van der Waals surface area contributed by atoms with Gasteiger partial charge in [-0.1, -0.05) is 27.5 Å². The van der Waals surface area contributed by atoms with Crippen molar-refractivity contribution in [3.8, 4) is 5.75 Å². The lowest BCUT2D eigenvalue weighted by molar-refractivity contribution is -0.134. The van der Waals surface area contributed by atoms with Crippen LogP contribution in [0.1, 0.15) is 5.56 Å². The minimum Gasteiger partial charge on any atom is -0.478 e. The highest BCUT2D eigenvalue weighted by Crippen LogP contribution is 2.39. The van der Waals surface area contributed by atoms with Crippen LogP contribution in [0.15, 0.2) is 22.2 Å². The number of hydrogen-bond acceptors (Lipinski definition) is 2. The summed E-state index contributed by atoms with van der Waals surface area (Å²) >= 11 is 9.05. The van der Waals surface area contributed by atoms with Crippen LogP contribution in [0.5, 0.6) is 5.75 Å². The van der Waals surface area contributed by atoms with E-state index in [9.17, 15) is 18.0 Å². The number of carboxylic acid groups (broad SMARTS) is 1. The predicted molar refractivity (Wildman–Crippen MR) is 72.2 cm³/mol. The van der Waals surface area contributed by atoms with Gasteiger partial charge in [-0.25, -0.2) is 13.6 Å². The molecule has 1 N–H and O–H groups in total. The summed E-state index contributed by atoms with van der Waals surface area (Å²) in [6.07, 6.45) is -3.61. The Labute approximate surface area is 126 Å². The molecule has 1 atom stereocenters. The molecule has 0 amide bonds. The number of ether oxygens (including phenoxy) is 1. The maximum atomic E-state index is 12.8. The van der Waals surface area contributed by atoms with Crippen LogP contribution in [0.4, 0.5) is 13.2 Å². The third-order valence-electron chi connectivity index (χ3n) is 2.38. The van der Waals surface area contributed by atoms with Crippen molar-refractivity contribution in [2.45, 2.75) is 12.5 Å². The molecule has 0 bridgehead atoms. The van der Waals surface area contributed by atoms with Crippen molar-refractivity contribution in [1.29, 1.82) is 0 Å². The number of hydrogen-bond donors (Lipinski definition) is 1. The second-order valence-electron chi connectivity index (χ2n) is 3.58. The Kier molecular flexibility index (Phi) is 5.88. The first-order valence-electron chi connectivity index (χ1n) is 5.16. The van der Waals surface area contributed by atoms with Crippen molar-refractivity contribution in [2.24, 2.45) is 0 Å². The maximum absolute atomic E-state index is 12.8. The Balaban J connectivity index is 0.000000956. The summed E-state index contributed by atoms with van der Waals surface area (Å²) < 4.78 is 40.6. The SMILES string of the molecule is CF.O=C(O)C1=Cc2cc(Br)cc(Cl)c2OC1C(F)F. The molecule has 1 heterocycles. The van der Waals surface area contributed by atoms with Crippen molar-refractivity contribution >= 4 is 39.6 Å². The van der Waals surface area contributed by atoms with E-state index >= 15 is 0 Å². The fourth-order valence-electron chi connectivity index (χ4n) is 1.62. The van der Waals surface area contributed by atoms with E-state index in [0.29, 0.717) is 17.2 Å². The molecule has 0 spiro atoms. The van der Waals surface area contributed by atoms with Crippen molar-refractivity contribution in [1.82, 2.24) is 0 Å². The number of halogens is 5. The highest BCUT2D eigenvalue weighted by molar-refractivity contribution is 9.10. The molecule has 1 aliphatic rings. The number of fused-ring (bicyclic) bond motifs is 1. The highest BCUT2D eigenvalue weighted by atomic mass is 79.9. The summed E-state index contributed by atoms with van der Waals surface area (Å²) in [5, 5.41) is 9.04. The average molecular weight is 374 g/mol. The Morgan fingerprint density at radius 3 is 2.55 bits per heavy atom. The lowest BCUT2D eigenvalue weighted by Gasteiger charge is -2.25. The van der Waals surface area contributed by atoms with E-state index in [4.69, 9.17) is 21.4 Å². The third-order valence-corrected chi connectivity index (χ3v) is 3.11. The summed E-state index contributed by atoms with van der Waals surface area (Å²) in [7, 11) is 0.500. The van der Waals surface area contributed by atoms with Crippen LogP contribution >= 0.6 is 27.5 Å². The van der Waals surface area contributed by atoms with Gasteiger partial charge < -0.3 is 9.84 Å². The molecule has 3 nitrogen and oxygen atoms in total. The zero-order chi connectivity index (χ0) is 15.4. The largest absolute Gasteiger partial charge is 0.478 e. The van der Waals surface area contributed by atoms with E-state index in [2.05, 4.69) is 15.9 Å². The summed E-state index contributed by atoms with van der Waals surface area (Å²) in [6.45, 7) is 0. The Bertz CT molecular complexity index is 549. The number of rotatable bonds is 2. The van der Waals surface area contributed by atoms with Crippen LogP contribution in [0.25, 0.3) is 6.08 Å². The normalized spacial score (nSPS) is 16.6. The second-order valence-corrected chi connectivity index (χ2v) is 4.91. The average Bonchev–Trinajstić information content (AvgIpc) is 2.39. The quantitative estimate of drug-likeness (QED) is 0.846. The van der Waals surface area contributed by atoms with Crippen molar-refractivity contribution in [3.63, 3.8) is 0 Å². The summed E-state index contributed by atoms with van der Waals surface area (Å²) in [4.78, 5) is 10.9. The molecular weight excluding hydrogens is 364 g/mol. The minimum absolute atomic E-state index is 0.0650. The first kappa shape index (κ1) is 16.8. The standard InChI is InChI=1S/C11H6BrClF2O3.CH3F/c12-5-1-4-2-6(11(16)17)9(10(14)15)18-8(4)7(13)3-5;1-2/h1-3,9-10H,(H,16,17);1H3. The molecule has 1 aliphatic heterocycles. The molecular formula is C12H9BrClF3O3. The van der Waals surface area contributed by atoms with E-state index in [1.807, 2.05) is 0 Å². The third kappa shape index (κ3) is 3.46. The van der Waals surface area contributed by atoms with E-state index in [-0.39, 0.29) is 10.8 Å². The van der Waals surface area contributed by atoms with Crippen LogP contribution in [0.3, 0.4) is 0 Å². The fraction of sp³-hybridized carbons (Fsp3) is 0.250. The molecule has 1 aromatic carbocycles. The first-order chi connectivity index (χ1) is 9.40. The topological polar surface area (TPSA) is 46.5 Å². The van der Waals surface area contributed by atoms with Gasteiger partial charge in [-0.2, -0.15) is 0 Å². The number of benzene rings is 1. The number of aliphatic carboxylic acids is 1. The molecule has 0 fully saturated rings. The van der Waals surface area contributed by atoms with Gasteiger partial charge in [-0.15, -0.1) is 0 Å². The van der Waals surface area contributed by atoms with E-state index in [1.165, 1.54) is 6.07 Å². The lowest BCUT2D eigenvalue weighted by Crippen LogP contribution is -2.33. The Hall–Kier alpha value is -1.21. The van der Waals surface area contributed by atoms with E-state index in [1.54, 1.807) is 6.07 Å². The molecule has 0 aromatic heterocycles. The van der Waals surface area contributed by atoms with Gasteiger partial charge in [-0.3, -0.25) is 4.39 Å². The number of carboxylic acids is 1. The van der Waals surface area contributed by atoms with Crippen molar-refractivity contribution < 1.29 is 27.8 Å². The predicted octanol–water partition coefficient (Wildman–Crippen LogP) is 4.18. The van der Waals surface area contributed by atoms with Crippen LogP contribution in [0, 0.1) is 0 Å². The van der Waals surface area contributed by atoms with Crippen LogP contribution in [-0.2, 0) is 4.79 Å². The second kappa shape index (κ2) is 6.99. The minimum atomic E-state index is -2.94. The van der Waals surface area contributed by atoms with Crippen LogP contribution in [-0.4, -0.2) is 30.8 Å². The summed E-state index contributed by atoms with van der Waals surface area (Å²) in [6, 6.07) is 3.04. The number of alkyl halides is 3. The zero-order valence-corrected chi connectivity index (χ0v) is 12.4. The van der Waals surface area contributed by atoms with Gasteiger partial charge in [0.2, 0.25) is 0 Å². The van der Waals surface area contributed by atoms with Gasteiger partial charge in [0, 0.05) is 10.0 Å². The molecule has 0 aliphatic carbocycles. The van der Waals surface area contributed by atoms with Gasteiger partial charge in [-0.05, 0) is 18.2 Å². The molecule has 1 unspecified atom stereocenters. The molecule has 8 heteroatoms. The molecule has 0 saturated carbocycles. The van der Waals surface area contributed by atoms with Gasteiger partial charge >= 0.3 is 5.97 Å². The maximum Gasteiger partial charge on any atom is 0.335 e. The van der Waals surface area contributed by atoms with Gasteiger partial charge in [0.15, 0.2) is 6.10 Å². The van der Waals surface area contributed by atoms with Crippen LogP contribution in [0.2, 0.25) is 5.02 Å². The zero-order valence-electron chi connectivity index (χ0n) is 10.0. The lowest BCUT2D eigenvalue weighted by atomic mass is 10.0.